The molecule has 226 valence electrons. The van der Waals surface area contributed by atoms with Gasteiger partial charge in [-0.25, -0.2) is 15.0 Å². The van der Waals surface area contributed by atoms with Gasteiger partial charge in [-0.3, -0.25) is 4.57 Å². The predicted octanol–water partition coefficient (Wildman–Crippen LogP) is 11.7. The zero-order valence-electron chi connectivity index (χ0n) is 25.2. The van der Waals surface area contributed by atoms with E-state index in [1.165, 1.54) is 0 Å². The van der Waals surface area contributed by atoms with Gasteiger partial charge >= 0.3 is 0 Å². The summed E-state index contributed by atoms with van der Waals surface area (Å²) in [6, 6.07) is 57.4. The largest absolute Gasteiger partial charge is 0.292 e. The Bertz CT molecular complexity index is 2180. The zero-order valence-corrected chi connectivity index (χ0v) is 28.4. The van der Waals surface area contributed by atoms with Crippen LogP contribution in [0.3, 0.4) is 0 Å². The van der Waals surface area contributed by atoms with Crippen LogP contribution in [0.15, 0.2) is 179 Å². The first-order valence-corrected chi connectivity index (χ1v) is 16.8. The van der Waals surface area contributed by atoms with Crippen molar-refractivity contribution >= 4 is 42.9 Å². The lowest BCUT2D eigenvalue weighted by atomic mass is 10.1. The smallest absolute Gasteiger partial charge is 0.160 e. The minimum absolute atomic E-state index is 0.736. The fourth-order valence-electron chi connectivity index (χ4n) is 5.35. The van der Waals surface area contributed by atoms with Crippen molar-refractivity contribution in [3.05, 3.63) is 179 Å². The number of nitrogens with zero attached hydrogens (tertiary/aromatic N) is 4. The van der Waals surface area contributed by atoms with E-state index in [0.29, 0.717) is 0 Å². The number of halogens is 2. The molecule has 0 spiro atoms. The summed E-state index contributed by atoms with van der Waals surface area (Å²) in [5, 5.41) is 0. The molecule has 8 aromatic rings. The molecule has 0 amide bonds. The normalized spacial score (nSPS) is 10.8. The van der Waals surface area contributed by atoms with Crippen LogP contribution in [0.1, 0.15) is 0 Å². The van der Waals surface area contributed by atoms with Crippen molar-refractivity contribution in [3.63, 3.8) is 0 Å². The molecule has 0 unspecified atom stereocenters. The Morgan fingerprint density at radius 2 is 0.872 bits per heavy atom. The van der Waals surface area contributed by atoms with Crippen molar-refractivity contribution in [1.82, 2.24) is 19.5 Å². The van der Waals surface area contributed by atoms with Crippen molar-refractivity contribution in [1.29, 1.82) is 0 Å². The van der Waals surface area contributed by atoms with Gasteiger partial charge in [0.25, 0.3) is 0 Å². The lowest BCUT2D eigenvalue weighted by Gasteiger charge is -2.09. The van der Waals surface area contributed by atoms with Crippen molar-refractivity contribution in [2.24, 2.45) is 0 Å². The van der Waals surface area contributed by atoms with Crippen LogP contribution in [0.4, 0.5) is 0 Å². The van der Waals surface area contributed by atoms with Crippen LogP contribution in [0.25, 0.3) is 62.0 Å². The van der Waals surface area contributed by atoms with E-state index in [1.807, 2.05) is 91.0 Å². The monoisotopic (exact) mass is 734 g/mol. The highest BCUT2D eigenvalue weighted by Crippen LogP contribution is 2.30. The summed E-state index contributed by atoms with van der Waals surface area (Å²) in [4.78, 5) is 14.4. The third-order valence-corrected chi connectivity index (χ3v) is 8.70. The first-order valence-electron chi connectivity index (χ1n) is 15.2. The first kappa shape index (κ1) is 30.5. The second kappa shape index (κ2) is 14.1. The zero-order chi connectivity index (χ0) is 32.0. The summed E-state index contributed by atoms with van der Waals surface area (Å²) < 4.78 is 4.33. The lowest BCUT2D eigenvalue weighted by Crippen LogP contribution is -1.97. The number of rotatable bonds is 5. The number of benzene rings is 6. The van der Waals surface area contributed by atoms with Crippen LogP contribution in [-0.2, 0) is 0 Å². The van der Waals surface area contributed by atoms with Gasteiger partial charge < -0.3 is 0 Å². The van der Waals surface area contributed by atoms with Gasteiger partial charge in [0.15, 0.2) is 5.82 Å². The molecule has 4 nitrogen and oxygen atoms in total. The second-order valence-corrected chi connectivity index (χ2v) is 12.6. The molecule has 0 bridgehead atoms. The molecule has 2 aromatic heterocycles. The quantitative estimate of drug-likeness (QED) is 0.177. The fourth-order valence-corrected chi connectivity index (χ4v) is 5.87. The molecule has 0 atom stereocenters. The Balaban J connectivity index is 0.000000151. The van der Waals surface area contributed by atoms with E-state index >= 15 is 0 Å². The van der Waals surface area contributed by atoms with Crippen molar-refractivity contribution < 1.29 is 0 Å². The van der Waals surface area contributed by atoms with E-state index in [9.17, 15) is 0 Å². The predicted molar refractivity (Wildman–Crippen MR) is 200 cm³/mol. The van der Waals surface area contributed by atoms with Gasteiger partial charge in [0.2, 0.25) is 0 Å². The van der Waals surface area contributed by atoms with Gasteiger partial charge in [0.05, 0.1) is 22.4 Å². The summed E-state index contributed by atoms with van der Waals surface area (Å²) in [5.41, 5.74) is 9.35. The van der Waals surface area contributed by atoms with Gasteiger partial charge in [-0.2, -0.15) is 0 Å². The highest BCUT2D eigenvalue weighted by Gasteiger charge is 2.14. The molecule has 0 N–H and O–H groups in total. The Hall–Kier alpha value is -5.17. The summed E-state index contributed by atoms with van der Waals surface area (Å²) >= 11 is 6.98. The third-order valence-electron chi connectivity index (χ3n) is 7.65. The highest BCUT2D eigenvalue weighted by atomic mass is 79.9. The van der Waals surface area contributed by atoms with E-state index in [1.54, 1.807) is 0 Å². The van der Waals surface area contributed by atoms with Crippen LogP contribution in [0.5, 0.6) is 0 Å². The van der Waals surface area contributed by atoms with Gasteiger partial charge in [0, 0.05) is 36.9 Å². The standard InChI is InChI=1S/C22H15BrN2.C19H13BrN2/c23-19-13-11-17(12-14-19)21-15-20(16-7-3-1-4-8-16)24-22(25-21)18-9-5-2-6-10-18;20-15-12-10-14(11-13-15)19-21-17-8-4-5-9-18(17)22(19)16-6-2-1-3-7-16/h1-15H;1-13H. The third kappa shape index (κ3) is 6.99. The summed E-state index contributed by atoms with van der Waals surface area (Å²) in [7, 11) is 0. The summed E-state index contributed by atoms with van der Waals surface area (Å²) in [6.45, 7) is 0. The Labute approximate surface area is 290 Å². The van der Waals surface area contributed by atoms with Gasteiger partial charge in [0.1, 0.15) is 5.82 Å². The molecule has 8 rings (SSSR count). The van der Waals surface area contributed by atoms with Gasteiger partial charge in [-0.1, -0.05) is 147 Å². The number of aromatic nitrogens is 4. The minimum atomic E-state index is 0.736. The fraction of sp³-hybridized carbons (Fsp3) is 0. The maximum atomic E-state index is 4.84. The average molecular weight is 737 g/mol. The highest BCUT2D eigenvalue weighted by molar-refractivity contribution is 9.10. The molecule has 47 heavy (non-hydrogen) atoms. The van der Waals surface area contributed by atoms with Crippen molar-refractivity contribution in [2.45, 2.75) is 0 Å². The van der Waals surface area contributed by atoms with Crippen molar-refractivity contribution in [2.75, 3.05) is 0 Å². The van der Waals surface area contributed by atoms with Crippen LogP contribution >= 0.6 is 31.9 Å². The molecule has 0 radical (unpaired) electrons. The number of para-hydroxylation sites is 3. The molecule has 0 saturated carbocycles. The number of hydrogen-bond donors (Lipinski definition) is 0. The van der Waals surface area contributed by atoms with Gasteiger partial charge in [-0.05, 0) is 54.6 Å². The van der Waals surface area contributed by atoms with E-state index < -0.39 is 0 Å². The molecule has 6 heteroatoms. The lowest BCUT2D eigenvalue weighted by molar-refractivity contribution is 1.10. The van der Waals surface area contributed by atoms with E-state index in [-0.39, 0.29) is 0 Å². The summed E-state index contributed by atoms with van der Waals surface area (Å²) in [5.74, 6) is 1.69. The number of fused-ring (bicyclic) bond motifs is 1. The van der Waals surface area contributed by atoms with E-state index in [0.717, 1.165) is 71.0 Å². The van der Waals surface area contributed by atoms with Crippen LogP contribution < -0.4 is 0 Å². The van der Waals surface area contributed by atoms with Crippen LogP contribution in [0, 0.1) is 0 Å². The molecule has 0 aliphatic rings. The maximum absolute atomic E-state index is 4.84. The Morgan fingerprint density at radius 1 is 0.404 bits per heavy atom. The SMILES string of the molecule is Brc1ccc(-c2cc(-c3ccccc3)nc(-c3ccccc3)n2)cc1.Brc1ccc(-c2nc3ccccc3n2-c2ccccc2)cc1. The first-order chi connectivity index (χ1) is 23.1. The number of imidazole rings is 1. The van der Waals surface area contributed by atoms with Gasteiger partial charge in [-0.15, -0.1) is 0 Å². The van der Waals surface area contributed by atoms with E-state index in [2.05, 4.69) is 115 Å². The molecule has 0 aliphatic heterocycles. The van der Waals surface area contributed by atoms with E-state index in [4.69, 9.17) is 15.0 Å². The minimum Gasteiger partial charge on any atom is -0.292 e. The molecule has 0 fully saturated rings. The summed E-state index contributed by atoms with van der Waals surface area (Å²) in [6.07, 6.45) is 0. The molecular formula is C41H28Br2N4. The van der Waals surface area contributed by atoms with Crippen LogP contribution in [0.2, 0.25) is 0 Å². The molecule has 2 heterocycles. The average Bonchev–Trinajstić information content (AvgIpc) is 3.53. The van der Waals surface area contributed by atoms with Crippen LogP contribution in [-0.4, -0.2) is 19.5 Å². The Morgan fingerprint density at radius 3 is 1.47 bits per heavy atom. The topological polar surface area (TPSA) is 43.6 Å². The number of hydrogen-bond acceptors (Lipinski definition) is 3. The maximum Gasteiger partial charge on any atom is 0.160 e. The Kier molecular flexibility index (Phi) is 9.13. The molecule has 0 aliphatic carbocycles. The van der Waals surface area contributed by atoms with Crippen molar-refractivity contribution in [3.8, 4) is 51.0 Å². The second-order valence-electron chi connectivity index (χ2n) is 10.8. The molecule has 0 saturated heterocycles. The molecular weight excluding hydrogens is 708 g/mol. The molecule has 6 aromatic carbocycles.